The number of hydrogen-bond donors (Lipinski definition) is 2. The molecule has 1 aromatic rings. The van der Waals surface area contributed by atoms with E-state index in [1.54, 1.807) is 6.20 Å². The van der Waals surface area contributed by atoms with Gasteiger partial charge in [0, 0.05) is 19.1 Å². The van der Waals surface area contributed by atoms with Crippen molar-refractivity contribution in [3.05, 3.63) is 18.1 Å². The molecule has 112 valence electrons. The first-order chi connectivity index (χ1) is 9.54. The van der Waals surface area contributed by atoms with E-state index in [0.29, 0.717) is 24.1 Å². The van der Waals surface area contributed by atoms with Gasteiger partial charge in [-0.1, -0.05) is 0 Å². The summed E-state index contributed by atoms with van der Waals surface area (Å²) in [6, 6.07) is 0.523. The lowest BCUT2D eigenvalue weighted by molar-refractivity contribution is 0.0946. The van der Waals surface area contributed by atoms with Gasteiger partial charge in [0.15, 0.2) is 0 Å². The first-order valence-electron chi connectivity index (χ1n) is 7.09. The molecule has 0 aliphatic carbocycles. The zero-order valence-corrected chi connectivity index (χ0v) is 12.8. The van der Waals surface area contributed by atoms with E-state index in [-0.39, 0.29) is 5.91 Å². The van der Waals surface area contributed by atoms with Gasteiger partial charge in [-0.25, -0.2) is 9.97 Å². The summed E-state index contributed by atoms with van der Waals surface area (Å²) in [5.74, 6) is 0.510. The highest BCUT2D eigenvalue weighted by atomic mass is 16.1. The Labute approximate surface area is 121 Å². The molecule has 0 bridgehead atoms. The fraction of sp³-hybridized carbons (Fsp3) is 0.643. The summed E-state index contributed by atoms with van der Waals surface area (Å²) < 4.78 is 0. The number of carbonyl (C=O) groups excluding carboxylic acids is 1. The second-order valence-electron chi connectivity index (χ2n) is 5.00. The molecule has 1 aromatic heterocycles. The van der Waals surface area contributed by atoms with Gasteiger partial charge in [-0.2, -0.15) is 0 Å². The smallest absolute Gasteiger partial charge is 0.271 e. The van der Waals surface area contributed by atoms with Crippen molar-refractivity contribution in [3.63, 3.8) is 0 Å². The molecule has 0 aliphatic heterocycles. The predicted molar refractivity (Wildman–Crippen MR) is 80.9 cm³/mol. The summed E-state index contributed by atoms with van der Waals surface area (Å²) in [5, 5.41) is 5.89. The number of nitrogens with zero attached hydrogens (tertiary/aromatic N) is 3. The minimum Gasteiger partial charge on any atom is -0.369 e. The number of nitrogens with one attached hydrogen (secondary N) is 2. The number of carbonyl (C=O) groups is 1. The Morgan fingerprint density at radius 1 is 1.35 bits per heavy atom. The molecule has 2 N–H and O–H groups in total. The number of hydrogen-bond acceptors (Lipinski definition) is 5. The van der Waals surface area contributed by atoms with Crippen LogP contribution in [0.2, 0.25) is 0 Å². The molecular formula is C14H25N5O. The highest BCUT2D eigenvalue weighted by Gasteiger charge is 2.08. The van der Waals surface area contributed by atoms with Gasteiger partial charge in [0.2, 0.25) is 0 Å². The lowest BCUT2D eigenvalue weighted by Crippen LogP contribution is -2.31. The minimum absolute atomic E-state index is 0.173. The average molecular weight is 279 g/mol. The van der Waals surface area contributed by atoms with Crippen LogP contribution in [0.25, 0.3) is 0 Å². The van der Waals surface area contributed by atoms with Gasteiger partial charge in [-0.3, -0.25) is 4.79 Å². The van der Waals surface area contributed by atoms with Crippen molar-refractivity contribution >= 4 is 11.7 Å². The molecule has 6 heteroatoms. The molecule has 0 saturated carbocycles. The molecule has 0 unspecified atom stereocenters. The van der Waals surface area contributed by atoms with E-state index in [9.17, 15) is 4.79 Å². The van der Waals surface area contributed by atoms with Crippen LogP contribution in [0.1, 0.15) is 37.7 Å². The van der Waals surface area contributed by atoms with Gasteiger partial charge in [0.25, 0.3) is 5.91 Å². The van der Waals surface area contributed by atoms with Crippen molar-refractivity contribution in [3.8, 4) is 0 Å². The van der Waals surface area contributed by atoms with Crippen LogP contribution in [-0.4, -0.2) is 53.5 Å². The van der Waals surface area contributed by atoms with Crippen LogP contribution in [0.5, 0.6) is 0 Å². The van der Waals surface area contributed by atoms with E-state index in [4.69, 9.17) is 0 Å². The molecule has 0 spiro atoms. The van der Waals surface area contributed by atoms with E-state index < -0.39 is 0 Å². The van der Waals surface area contributed by atoms with Crippen molar-refractivity contribution in [2.45, 2.75) is 33.2 Å². The molecule has 1 heterocycles. The van der Waals surface area contributed by atoms with Gasteiger partial charge in [0.1, 0.15) is 11.5 Å². The van der Waals surface area contributed by atoms with Crippen molar-refractivity contribution < 1.29 is 4.79 Å². The van der Waals surface area contributed by atoms with Gasteiger partial charge >= 0.3 is 0 Å². The van der Waals surface area contributed by atoms with Crippen molar-refractivity contribution in [1.82, 2.24) is 20.2 Å². The number of anilines is 1. The van der Waals surface area contributed by atoms with Crippen LogP contribution in [0.3, 0.4) is 0 Å². The van der Waals surface area contributed by atoms with Crippen LogP contribution in [0, 0.1) is 0 Å². The minimum atomic E-state index is -0.173. The molecule has 0 saturated heterocycles. The molecule has 20 heavy (non-hydrogen) atoms. The summed E-state index contributed by atoms with van der Waals surface area (Å²) >= 11 is 0. The van der Waals surface area contributed by atoms with E-state index in [0.717, 1.165) is 19.5 Å². The Morgan fingerprint density at radius 2 is 2.10 bits per heavy atom. The molecular weight excluding hydrogens is 254 g/mol. The SMILES string of the molecule is CCNc1cnc(C(=O)NCCCN(C)C(C)C)cn1. The van der Waals surface area contributed by atoms with Gasteiger partial charge in [0.05, 0.1) is 12.4 Å². The van der Waals surface area contributed by atoms with E-state index in [2.05, 4.69) is 46.4 Å². The predicted octanol–water partition coefficient (Wildman–Crippen LogP) is 1.37. The van der Waals surface area contributed by atoms with Crippen molar-refractivity contribution in [2.24, 2.45) is 0 Å². The lowest BCUT2D eigenvalue weighted by Gasteiger charge is -2.20. The standard InChI is InChI=1S/C14H25N5O/c1-5-15-13-10-17-12(9-18-13)14(20)16-7-6-8-19(4)11(2)3/h9-11H,5-8H2,1-4H3,(H,15,18)(H,16,20). The monoisotopic (exact) mass is 279 g/mol. The molecule has 6 nitrogen and oxygen atoms in total. The molecule has 0 aromatic carbocycles. The summed E-state index contributed by atoms with van der Waals surface area (Å²) in [6.45, 7) is 8.68. The molecule has 0 aliphatic rings. The largest absolute Gasteiger partial charge is 0.369 e. The Hall–Kier alpha value is -1.69. The van der Waals surface area contributed by atoms with Crippen LogP contribution >= 0.6 is 0 Å². The second kappa shape index (κ2) is 8.47. The van der Waals surface area contributed by atoms with Crippen LogP contribution < -0.4 is 10.6 Å². The molecule has 1 rings (SSSR count). The summed E-state index contributed by atoms with van der Waals surface area (Å²) in [6.07, 6.45) is 3.99. The number of rotatable bonds is 8. The molecule has 0 fully saturated rings. The Morgan fingerprint density at radius 3 is 2.65 bits per heavy atom. The quantitative estimate of drug-likeness (QED) is 0.703. The average Bonchev–Trinajstić information content (AvgIpc) is 2.44. The van der Waals surface area contributed by atoms with Gasteiger partial charge < -0.3 is 15.5 Å². The van der Waals surface area contributed by atoms with Gasteiger partial charge in [-0.15, -0.1) is 0 Å². The molecule has 0 radical (unpaired) electrons. The first-order valence-corrected chi connectivity index (χ1v) is 7.09. The Kier molecular flexibility index (Phi) is 6.93. The molecule has 1 amide bonds. The highest BCUT2D eigenvalue weighted by molar-refractivity contribution is 5.91. The Balaban J connectivity index is 2.32. The highest BCUT2D eigenvalue weighted by Crippen LogP contribution is 2.00. The fourth-order valence-corrected chi connectivity index (χ4v) is 1.60. The molecule has 0 atom stereocenters. The first kappa shape index (κ1) is 16.4. The van der Waals surface area contributed by atoms with E-state index in [1.165, 1.54) is 6.20 Å². The van der Waals surface area contributed by atoms with Crippen LogP contribution in [-0.2, 0) is 0 Å². The lowest BCUT2D eigenvalue weighted by atomic mass is 10.3. The topological polar surface area (TPSA) is 70.2 Å². The van der Waals surface area contributed by atoms with Crippen molar-refractivity contribution in [2.75, 3.05) is 32.0 Å². The maximum atomic E-state index is 11.8. The van der Waals surface area contributed by atoms with Crippen LogP contribution in [0.4, 0.5) is 5.82 Å². The van der Waals surface area contributed by atoms with E-state index >= 15 is 0 Å². The third-order valence-electron chi connectivity index (χ3n) is 3.10. The van der Waals surface area contributed by atoms with Crippen molar-refractivity contribution in [1.29, 1.82) is 0 Å². The maximum Gasteiger partial charge on any atom is 0.271 e. The maximum absolute atomic E-state index is 11.8. The van der Waals surface area contributed by atoms with Gasteiger partial charge in [-0.05, 0) is 40.8 Å². The summed E-state index contributed by atoms with van der Waals surface area (Å²) in [5.41, 5.74) is 0.351. The third kappa shape index (κ3) is 5.52. The third-order valence-corrected chi connectivity index (χ3v) is 3.10. The van der Waals surface area contributed by atoms with Crippen LogP contribution in [0.15, 0.2) is 12.4 Å². The second-order valence-corrected chi connectivity index (χ2v) is 5.00. The normalized spacial score (nSPS) is 10.9. The summed E-state index contributed by atoms with van der Waals surface area (Å²) in [4.78, 5) is 22.3. The summed E-state index contributed by atoms with van der Waals surface area (Å²) in [7, 11) is 2.08. The zero-order valence-electron chi connectivity index (χ0n) is 12.8. The Bertz CT molecular complexity index is 405. The number of aromatic nitrogens is 2. The van der Waals surface area contributed by atoms with E-state index in [1.807, 2.05) is 6.92 Å². The fourth-order valence-electron chi connectivity index (χ4n) is 1.60. The number of amides is 1. The zero-order chi connectivity index (χ0) is 15.0.